The molecule has 1 aliphatic heterocycles. The van der Waals surface area contributed by atoms with Crippen LogP contribution in [0, 0.1) is 24.0 Å². The summed E-state index contributed by atoms with van der Waals surface area (Å²) in [4.78, 5) is 38.3. The number of nitro groups is 1. The van der Waals surface area contributed by atoms with E-state index in [0.717, 1.165) is 11.1 Å². The van der Waals surface area contributed by atoms with Gasteiger partial charge in [-0.15, -0.1) is 11.8 Å². The van der Waals surface area contributed by atoms with Crippen molar-refractivity contribution in [3.63, 3.8) is 0 Å². The molecule has 7 heteroatoms. The van der Waals surface area contributed by atoms with Crippen molar-refractivity contribution < 1.29 is 14.5 Å². The first kappa shape index (κ1) is 19.8. The van der Waals surface area contributed by atoms with Crippen LogP contribution in [0.3, 0.4) is 0 Å². The van der Waals surface area contributed by atoms with E-state index in [2.05, 4.69) is 0 Å². The Kier molecular flexibility index (Phi) is 5.38. The largest absolute Gasteiger partial charge is 0.272 e. The first-order valence-corrected chi connectivity index (χ1v) is 9.70. The molecular formula is C21H20N2O4S. The number of imide groups is 1. The lowest BCUT2D eigenvalue weighted by atomic mass is 10.1. The number of nitrogens with zero attached hydrogens (tertiary/aromatic N) is 2. The van der Waals surface area contributed by atoms with Crippen molar-refractivity contribution in [2.45, 2.75) is 32.9 Å². The molecule has 0 unspecified atom stereocenters. The summed E-state index contributed by atoms with van der Waals surface area (Å²) in [6.45, 7) is 7.79. The molecule has 0 N–H and O–H groups in total. The molecule has 2 amide bonds. The number of thioether (sulfide) groups is 1. The molecule has 0 saturated heterocycles. The molecule has 2 aromatic carbocycles. The lowest BCUT2D eigenvalue weighted by molar-refractivity contribution is -0.384. The minimum Gasteiger partial charge on any atom is -0.268 e. The average molecular weight is 396 g/mol. The fourth-order valence-corrected chi connectivity index (χ4v) is 3.94. The van der Waals surface area contributed by atoms with E-state index in [4.69, 9.17) is 0 Å². The number of rotatable bonds is 5. The second-order valence-corrected chi connectivity index (χ2v) is 8.48. The number of carbonyl (C=O) groups is 2. The Hall–Kier alpha value is -2.93. The Balaban J connectivity index is 2.09. The summed E-state index contributed by atoms with van der Waals surface area (Å²) in [7, 11) is 0. The van der Waals surface area contributed by atoms with E-state index < -0.39 is 10.8 Å². The number of carbonyl (C=O) groups excluding carboxylic acids is 2. The second kappa shape index (κ2) is 7.59. The lowest BCUT2D eigenvalue weighted by Gasteiger charge is -2.16. The Labute approximate surface area is 167 Å². The molecular weight excluding hydrogens is 376 g/mol. The predicted molar refractivity (Wildman–Crippen MR) is 111 cm³/mol. The van der Waals surface area contributed by atoms with Crippen LogP contribution in [0.25, 0.3) is 5.57 Å². The van der Waals surface area contributed by atoms with E-state index in [0.29, 0.717) is 16.2 Å². The average Bonchev–Trinajstić information content (AvgIpc) is 2.87. The minimum absolute atomic E-state index is 0.0646. The van der Waals surface area contributed by atoms with Crippen LogP contribution in [0.15, 0.2) is 47.4 Å². The van der Waals surface area contributed by atoms with E-state index in [1.807, 2.05) is 39.8 Å². The molecule has 0 atom stereocenters. The lowest BCUT2D eigenvalue weighted by Crippen LogP contribution is -2.31. The summed E-state index contributed by atoms with van der Waals surface area (Å²) >= 11 is 1.33. The van der Waals surface area contributed by atoms with Crippen LogP contribution in [0.1, 0.15) is 30.5 Å². The molecule has 0 aliphatic carbocycles. The third kappa shape index (κ3) is 3.57. The van der Waals surface area contributed by atoms with Crippen molar-refractivity contribution >= 4 is 40.5 Å². The summed E-state index contributed by atoms with van der Waals surface area (Å²) in [6.07, 6.45) is 0. The monoisotopic (exact) mass is 396 g/mol. The molecule has 0 aromatic heterocycles. The maximum absolute atomic E-state index is 13.2. The SMILES string of the molecule is Cc1ccc(N2C(=O)C(SC(C)C)=C(c3ccc([N+](=O)[O-])cc3)C2=O)cc1C. The van der Waals surface area contributed by atoms with Gasteiger partial charge in [0.1, 0.15) is 0 Å². The predicted octanol–water partition coefficient (Wildman–Crippen LogP) is 4.64. The van der Waals surface area contributed by atoms with Gasteiger partial charge in [-0.25, -0.2) is 4.90 Å². The van der Waals surface area contributed by atoms with Crippen molar-refractivity contribution in [1.29, 1.82) is 0 Å². The maximum Gasteiger partial charge on any atom is 0.272 e. The van der Waals surface area contributed by atoms with Gasteiger partial charge >= 0.3 is 0 Å². The third-order valence-electron chi connectivity index (χ3n) is 4.51. The molecule has 1 aliphatic rings. The highest BCUT2D eigenvalue weighted by molar-refractivity contribution is 8.04. The molecule has 2 aromatic rings. The number of nitro benzene ring substituents is 1. The minimum atomic E-state index is -0.495. The fourth-order valence-electron chi connectivity index (χ4n) is 2.96. The number of amides is 2. The van der Waals surface area contributed by atoms with Gasteiger partial charge in [-0.05, 0) is 54.8 Å². The van der Waals surface area contributed by atoms with Crippen LogP contribution >= 0.6 is 11.8 Å². The van der Waals surface area contributed by atoms with E-state index in [9.17, 15) is 19.7 Å². The molecule has 0 spiro atoms. The van der Waals surface area contributed by atoms with E-state index in [1.165, 1.54) is 40.9 Å². The summed E-state index contributed by atoms with van der Waals surface area (Å²) in [5, 5.41) is 11.0. The number of benzene rings is 2. The second-order valence-electron chi connectivity index (χ2n) is 6.89. The van der Waals surface area contributed by atoms with Crippen LogP contribution < -0.4 is 4.90 Å². The van der Waals surface area contributed by atoms with Crippen LogP contribution in [0.4, 0.5) is 11.4 Å². The fraction of sp³-hybridized carbons (Fsp3) is 0.238. The quantitative estimate of drug-likeness (QED) is 0.418. The van der Waals surface area contributed by atoms with Gasteiger partial charge in [-0.1, -0.05) is 19.9 Å². The highest BCUT2D eigenvalue weighted by atomic mass is 32.2. The van der Waals surface area contributed by atoms with E-state index in [1.54, 1.807) is 6.07 Å². The number of hydrogen-bond donors (Lipinski definition) is 0. The molecule has 0 fully saturated rings. The van der Waals surface area contributed by atoms with Gasteiger partial charge in [0, 0.05) is 17.4 Å². The first-order valence-electron chi connectivity index (χ1n) is 8.82. The van der Waals surface area contributed by atoms with Gasteiger partial charge in [-0.3, -0.25) is 19.7 Å². The van der Waals surface area contributed by atoms with Crippen LogP contribution in [0.5, 0.6) is 0 Å². The third-order valence-corrected chi connectivity index (χ3v) is 5.60. The van der Waals surface area contributed by atoms with Crippen molar-refractivity contribution in [3.05, 3.63) is 74.2 Å². The Bertz CT molecular complexity index is 1010. The molecule has 28 heavy (non-hydrogen) atoms. The normalized spacial score (nSPS) is 14.4. The Morgan fingerprint density at radius 3 is 2.14 bits per heavy atom. The standard InChI is InChI=1S/C21H20N2O4S/c1-12(2)28-19-18(15-6-9-16(10-7-15)23(26)27)20(24)22(21(19)25)17-8-5-13(3)14(4)11-17/h5-12H,1-4H3. The summed E-state index contributed by atoms with van der Waals surface area (Å²) in [5.74, 6) is -0.773. The van der Waals surface area contributed by atoms with Gasteiger partial charge in [0.25, 0.3) is 17.5 Å². The number of aryl methyl sites for hydroxylation is 2. The van der Waals surface area contributed by atoms with Crippen LogP contribution in [0.2, 0.25) is 0 Å². The smallest absolute Gasteiger partial charge is 0.268 e. The first-order chi connectivity index (χ1) is 13.2. The van der Waals surface area contributed by atoms with Crippen molar-refractivity contribution in [3.8, 4) is 0 Å². The van der Waals surface area contributed by atoms with Crippen molar-refractivity contribution in [2.24, 2.45) is 0 Å². The molecule has 3 rings (SSSR count). The number of hydrogen-bond acceptors (Lipinski definition) is 5. The zero-order valence-corrected chi connectivity index (χ0v) is 16.9. The molecule has 6 nitrogen and oxygen atoms in total. The van der Waals surface area contributed by atoms with Crippen molar-refractivity contribution in [2.75, 3.05) is 4.90 Å². The van der Waals surface area contributed by atoms with Crippen molar-refractivity contribution in [1.82, 2.24) is 0 Å². The summed E-state index contributed by atoms with van der Waals surface area (Å²) in [5.41, 5.74) is 3.31. The number of non-ortho nitro benzene ring substituents is 1. The van der Waals surface area contributed by atoms with E-state index in [-0.39, 0.29) is 22.4 Å². The van der Waals surface area contributed by atoms with Crippen LogP contribution in [-0.2, 0) is 9.59 Å². The molecule has 1 heterocycles. The topological polar surface area (TPSA) is 80.5 Å². The summed E-state index contributed by atoms with van der Waals surface area (Å²) < 4.78 is 0. The molecule has 0 bridgehead atoms. The van der Waals surface area contributed by atoms with Gasteiger partial charge in [0.2, 0.25) is 0 Å². The Morgan fingerprint density at radius 1 is 0.964 bits per heavy atom. The van der Waals surface area contributed by atoms with Gasteiger partial charge in [0.05, 0.1) is 21.1 Å². The van der Waals surface area contributed by atoms with Gasteiger partial charge in [-0.2, -0.15) is 0 Å². The number of anilines is 1. The zero-order valence-electron chi connectivity index (χ0n) is 16.1. The zero-order chi connectivity index (χ0) is 20.6. The molecule has 0 radical (unpaired) electrons. The van der Waals surface area contributed by atoms with E-state index >= 15 is 0 Å². The highest BCUT2D eigenvalue weighted by Gasteiger charge is 2.40. The highest BCUT2D eigenvalue weighted by Crippen LogP contribution is 2.40. The van der Waals surface area contributed by atoms with Crippen LogP contribution in [-0.4, -0.2) is 22.0 Å². The molecule has 0 saturated carbocycles. The summed E-state index contributed by atoms with van der Waals surface area (Å²) in [6, 6.07) is 11.2. The Morgan fingerprint density at radius 2 is 1.61 bits per heavy atom. The molecule has 144 valence electrons. The maximum atomic E-state index is 13.2. The van der Waals surface area contributed by atoms with Gasteiger partial charge < -0.3 is 0 Å². The van der Waals surface area contributed by atoms with Gasteiger partial charge in [0.15, 0.2) is 0 Å².